The van der Waals surface area contributed by atoms with Crippen LogP contribution in [0.2, 0.25) is 0 Å². The largest absolute Gasteiger partial charge is 0.506 e. The second-order valence-corrected chi connectivity index (χ2v) is 4.68. The summed E-state index contributed by atoms with van der Waals surface area (Å²) in [4.78, 5) is 0. The van der Waals surface area contributed by atoms with Gasteiger partial charge < -0.3 is 15.7 Å². The van der Waals surface area contributed by atoms with E-state index < -0.39 is 0 Å². The van der Waals surface area contributed by atoms with Crippen LogP contribution >= 0.6 is 0 Å². The van der Waals surface area contributed by atoms with E-state index in [1.165, 1.54) is 0 Å². The van der Waals surface area contributed by atoms with E-state index in [1.807, 2.05) is 66.7 Å². The minimum absolute atomic E-state index is 0.229. The van der Waals surface area contributed by atoms with E-state index in [0.29, 0.717) is 5.69 Å². The van der Waals surface area contributed by atoms with Crippen molar-refractivity contribution in [1.29, 1.82) is 0 Å². The molecule has 0 spiro atoms. The number of phenols is 1. The lowest BCUT2D eigenvalue weighted by molar-refractivity contribution is 0.478. The molecule has 3 rings (SSSR count). The Morgan fingerprint density at radius 1 is 0.524 bits per heavy atom. The van der Waals surface area contributed by atoms with Gasteiger partial charge in [0, 0.05) is 5.69 Å². The molecule has 0 atom stereocenters. The molecule has 3 N–H and O–H groups in total. The van der Waals surface area contributed by atoms with Crippen LogP contribution in [0.3, 0.4) is 0 Å². The first-order valence-corrected chi connectivity index (χ1v) is 6.79. The molecule has 0 fully saturated rings. The summed E-state index contributed by atoms with van der Waals surface area (Å²) in [6.07, 6.45) is 0. The second-order valence-electron chi connectivity index (χ2n) is 4.68. The van der Waals surface area contributed by atoms with Gasteiger partial charge in [-0.2, -0.15) is 0 Å². The predicted octanol–water partition coefficient (Wildman–Crippen LogP) is 4.88. The normalized spacial score (nSPS) is 10.1. The summed E-state index contributed by atoms with van der Waals surface area (Å²) in [6, 6.07) is 25.1. The third-order valence-electron chi connectivity index (χ3n) is 3.15. The molecule has 0 aliphatic heterocycles. The van der Waals surface area contributed by atoms with E-state index in [9.17, 15) is 5.11 Å². The second kappa shape index (κ2) is 6.01. The van der Waals surface area contributed by atoms with Gasteiger partial charge in [-0.15, -0.1) is 0 Å². The van der Waals surface area contributed by atoms with Crippen molar-refractivity contribution in [2.75, 3.05) is 10.6 Å². The molecule has 0 unspecified atom stereocenters. The van der Waals surface area contributed by atoms with Crippen LogP contribution in [-0.2, 0) is 0 Å². The molecule has 3 heteroatoms. The minimum atomic E-state index is 0.229. The van der Waals surface area contributed by atoms with Crippen LogP contribution in [0.1, 0.15) is 0 Å². The van der Waals surface area contributed by atoms with Gasteiger partial charge in [-0.05, 0) is 36.4 Å². The van der Waals surface area contributed by atoms with E-state index >= 15 is 0 Å². The molecule has 3 aromatic carbocycles. The van der Waals surface area contributed by atoms with Gasteiger partial charge in [0.15, 0.2) is 0 Å². The number of hydrogen-bond donors (Lipinski definition) is 3. The molecule has 0 aromatic heterocycles. The lowest BCUT2D eigenvalue weighted by atomic mass is 10.2. The van der Waals surface area contributed by atoms with E-state index in [1.54, 1.807) is 12.1 Å². The highest BCUT2D eigenvalue weighted by Crippen LogP contribution is 2.31. The number of nitrogens with one attached hydrogen (secondary N) is 2. The maximum atomic E-state index is 9.87. The Bertz CT molecular complexity index is 726. The van der Waals surface area contributed by atoms with Crippen LogP contribution < -0.4 is 10.6 Å². The Balaban J connectivity index is 1.88. The highest BCUT2D eigenvalue weighted by atomic mass is 16.3. The van der Waals surface area contributed by atoms with Crippen molar-refractivity contribution < 1.29 is 5.11 Å². The fraction of sp³-hybridized carbons (Fsp3) is 0. The monoisotopic (exact) mass is 276 g/mol. The van der Waals surface area contributed by atoms with Crippen molar-refractivity contribution >= 4 is 22.7 Å². The molecule has 0 radical (unpaired) electrons. The molecule has 0 amide bonds. The summed E-state index contributed by atoms with van der Waals surface area (Å²) < 4.78 is 0. The smallest absolute Gasteiger partial charge is 0.139 e. The highest BCUT2D eigenvalue weighted by molar-refractivity contribution is 5.79. The number of rotatable bonds is 4. The highest BCUT2D eigenvalue weighted by Gasteiger charge is 2.05. The number of hydrogen-bond acceptors (Lipinski definition) is 3. The quantitative estimate of drug-likeness (QED) is 0.595. The maximum absolute atomic E-state index is 9.87. The van der Waals surface area contributed by atoms with E-state index in [4.69, 9.17) is 0 Å². The van der Waals surface area contributed by atoms with Crippen LogP contribution in [-0.4, -0.2) is 5.11 Å². The Labute approximate surface area is 123 Å². The first-order valence-electron chi connectivity index (χ1n) is 6.79. The van der Waals surface area contributed by atoms with Gasteiger partial charge in [0.2, 0.25) is 0 Å². The summed E-state index contributed by atoms with van der Waals surface area (Å²) in [6.45, 7) is 0. The Hall–Kier alpha value is -2.94. The van der Waals surface area contributed by atoms with E-state index in [-0.39, 0.29) is 5.75 Å². The zero-order chi connectivity index (χ0) is 14.5. The van der Waals surface area contributed by atoms with Gasteiger partial charge in [-0.3, -0.25) is 0 Å². The average molecular weight is 276 g/mol. The fourth-order valence-electron chi connectivity index (χ4n) is 2.10. The molecular formula is C18H16N2O. The predicted molar refractivity (Wildman–Crippen MR) is 87.6 cm³/mol. The topological polar surface area (TPSA) is 44.3 Å². The van der Waals surface area contributed by atoms with Crippen molar-refractivity contribution in [2.24, 2.45) is 0 Å². The summed E-state index contributed by atoms with van der Waals surface area (Å²) in [7, 11) is 0. The van der Waals surface area contributed by atoms with Gasteiger partial charge >= 0.3 is 0 Å². The molecular weight excluding hydrogens is 260 g/mol. The summed E-state index contributed by atoms with van der Waals surface area (Å²) >= 11 is 0. The van der Waals surface area contributed by atoms with Crippen LogP contribution in [0.15, 0.2) is 78.9 Å². The third-order valence-corrected chi connectivity index (χ3v) is 3.15. The average Bonchev–Trinajstić information content (AvgIpc) is 2.52. The minimum Gasteiger partial charge on any atom is -0.506 e. The summed E-state index contributed by atoms with van der Waals surface area (Å²) in [5, 5.41) is 16.5. The van der Waals surface area contributed by atoms with Crippen molar-refractivity contribution in [3.63, 3.8) is 0 Å². The van der Waals surface area contributed by atoms with E-state index in [0.717, 1.165) is 17.1 Å². The lowest BCUT2D eigenvalue weighted by Crippen LogP contribution is -1.97. The van der Waals surface area contributed by atoms with Crippen LogP contribution in [0.25, 0.3) is 0 Å². The van der Waals surface area contributed by atoms with Gasteiger partial charge in [-0.25, -0.2) is 0 Å². The van der Waals surface area contributed by atoms with Crippen molar-refractivity contribution in [2.45, 2.75) is 0 Å². The molecule has 0 saturated heterocycles. The fourth-order valence-corrected chi connectivity index (χ4v) is 2.10. The van der Waals surface area contributed by atoms with Gasteiger partial charge in [0.25, 0.3) is 0 Å². The summed E-state index contributed by atoms with van der Waals surface area (Å²) in [5.74, 6) is 0.229. The molecule has 21 heavy (non-hydrogen) atoms. The summed E-state index contributed by atoms with van der Waals surface area (Å²) in [5.41, 5.74) is 3.55. The number of phenolic OH excluding ortho intramolecular Hbond substituents is 1. The zero-order valence-electron chi connectivity index (χ0n) is 11.5. The molecule has 3 nitrogen and oxygen atoms in total. The Morgan fingerprint density at radius 3 is 1.71 bits per heavy atom. The molecule has 0 bridgehead atoms. The maximum Gasteiger partial charge on any atom is 0.139 e. The number of aromatic hydroxyl groups is 1. The van der Waals surface area contributed by atoms with Gasteiger partial charge in [-0.1, -0.05) is 42.5 Å². The molecule has 3 aromatic rings. The van der Waals surface area contributed by atoms with E-state index in [2.05, 4.69) is 10.6 Å². The van der Waals surface area contributed by atoms with Crippen LogP contribution in [0.5, 0.6) is 5.75 Å². The van der Waals surface area contributed by atoms with Crippen LogP contribution in [0, 0.1) is 0 Å². The van der Waals surface area contributed by atoms with Crippen LogP contribution in [0.4, 0.5) is 22.7 Å². The molecule has 104 valence electrons. The first-order chi connectivity index (χ1) is 10.3. The number of benzene rings is 3. The van der Waals surface area contributed by atoms with Crippen molar-refractivity contribution in [1.82, 2.24) is 0 Å². The number of para-hydroxylation sites is 5. The van der Waals surface area contributed by atoms with Crippen molar-refractivity contribution in [3.8, 4) is 5.75 Å². The van der Waals surface area contributed by atoms with Gasteiger partial charge in [0.05, 0.1) is 17.1 Å². The van der Waals surface area contributed by atoms with Gasteiger partial charge in [0.1, 0.15) is 5.75 Å². The number of anilines is 4. The molecule has 0 aliphatic carbocycles. The molecule has 0 saturated carbocycles. The third kappa shape index (κ3) is 3.15. The van der Waals surface area contributed by atoms with Crippen molar-refractivity contribution in [3.05, 3.63) is 78.9 Å². The Morgan fingerprint density at radius 2 is 1.05 bits per heavy atom. The molecule has 0 heterocycles. The lowest BCUT2D eigenvalue weighted by Gasteiger charge is -2.14. The SMILES string of the molecule is Oc1ccccc1Nc1ccccc1Nc1ccccc1. The Kier molecular flexibility index (Phi) is 3.74. The standard InChI is InChI=1S/C18H16N2O/c21-18-13-7-6-12-17(18)20-16-11-5-4-10-15(16)19-14-8-2-1-3-9-14/h1-13,19-21H. The molecule has 0 aliphatic rings. The zero-order valence-corrected chi connectivity index (χ0v) is 11.5. The first kappa shape index (κ1) is 13.1.